The van der Waals surface area contributed by atoms with E-state index in [1.807, 2.05) is 0 Å². The van der Waals surface area contributed by atoms with Crippen LogP contribution >= 0.6 is 0 Å². The first kappa shape index (κ1) is 27.0. The summed E-state index contributed by atoms with van der Waals surface area (Å²) in [5.74, 6) is 0.462. The maximum absolute atomic E-state index is 11.1. The maximum atomic E-state index is 11.1. The molecule has 4 nitrogen and oxygen atoms in total. The number of carbonyl (C=O) groups is 1. The molecule has 0 radical (unpaired) electrons. The van der Waals surface area contributed by atoms with Gasteiger partial charge in [0, 0.05) is 19.0 Å². The van der Waals surface area contributed by atoms with Crippen LogP contribution in [0.1, 0.15) is 136 Å². The zero-order chi connectivity index (χ0) is 21.9. The third-order valence-electron chi connectivity index (χ3n) is 6.54. The molecule has 1 heterocycles. The summed E-state index contributed by atoms with van der Waals surface area (Å²) in [7, 11) is 0. The average Bonchev–Trinajstić information content (AvgIpc) is 3.20. The summed E-state index contributed by atoms with van der Waals surface area (Å²) in [6, 6.07) is 0.116. The van der Waals surface area contributed by atoms with Crippen LogP contribution in [0.2, 0.25) is 0 Å². The Morgan fingerprint density at radius 1 is 0.833 bits per heavy atom. The molecule has 1 aliphatic rings. The molecular weight excluding hydrogens is 372 g/mol. The van der Waals surface area contributed by atoms with Crippen molar-refractivity contribution >= 4 is 11.8 Å². The van der Waals surface area contributed by atoms with Crippen LogP contribution in [0.5, 0.6) is 0 Å². The van der Waals surface area contributed by atoms with Crippen molar-refractivity contribution < 1.29 is 9.90 Å². The van der Waals surface area contributed by atoms with E-state index in [1.165, 1.54) is 103 Å². The molecule has 1 N–H and O–H groups in total. The van der Waals surface area contributed by atoms with Gasteiger partial charge in [0.05, 0.1) is 18.8 Å². The zero-order valence-electron chi connectivity index (χ0n) is 20.2. The maximum Gasteiger partial charge on any atom is 0.305 e. The quantitative estimate of drug-likeness (QED) is 0.194. The fraction of sp³-hybridized carbons (Fsp3) is 0.923. The number of carboxylic acids is 1. The van der Waals surface area contributed by atoms with E-state index < -0.39 is 5.97 Å². The van der Waals surface area contributed by atoms with Crippen LogP contribution in [0.15, 0.2) is 4.99 Å². The zero-order valence-corrected chi connectivity index (χ0v) is 20.2. The highest BCUT2D eigenvalue weighted by Crippen LogP contribution is 2.18. The summed E-state index contributed by atoms with van der Waals surface area (Å²) in [5.41, 5.74) is 0. The van der Waals surface area contributed by atoms with Gasteiger partial charge in [-0.25, -0.2) is 0 Å². The lowest BCUT2D eigenvalue weighted by Crippen LogP contribution is -2.39. The van der Waals surface area contributed by atoms with E-state index in [1.54, 1.807) is 0 Å². The van der Waals surface area contributed by atoms with E-state index in [0.29, 0.717) is 0 Å². The minimum absolute atomic E-state index is 0.116. The minimum atomic E-state index is -0.699. The first-order chi connectivity index (χ1) is 14.7. The standard InChI is InChI=1S/C26H50N2O2/c1-3-5-6-7-8-9-10-11-12-13-14-15-16-17-18-19-20-25-27-21-22-28(25)24(4-2)23-26(29)30/h24H,3-23H2,1-2H3,(H,29,30). The van der Waals surface area contributed by atoms with E-state index in [2.05, 4.69) is 23.7 Å². The molecule has 0 spiro atoms. The second-order valence-corrected chi connectivity index (χ2v) is 9.20. The molecule has 0 saturated heterocycles. The van der Waals surface area contributed by atoms with Crippen molar-refractivity contribution in [3.05, 3.63) is 0 Å². The van der Waals surface area contributed by atoms with E-state index in [9.17, 15) is 4.79 Å². The van der Waals surface area contributed by atoms with Crippen LogP contribution in [-0.2, 0) is 4.79 Å². The van der Waals surface area contributed by atoms with Gasteiger partial charge in [-0.05, 0) is 12.8 Å². The van der Waals surface area contributed by atoms with Gasteiger partial charge in [0.15, 0.2) is 0 Å². The molecule has 1 aliphatic heterocycles. The third kappa shape index (κ3) is 13.3. The molecule has 1 rings (SSSR count). The van der Waals surface area contributed by atoms with Crippen molar-refractivity contribution in [1.82, 2.24) is 4.90 Å². The summed E-state index contributed by atoms with van der Waals surface area (Å²) in [6.45, 7) is 6.11. The lowest BCUT2D eigenvalue weighted by atomic mass is 10.0. The number of hydrogen-bond acceptors (Lipinski definition) is 3. The molecule has 4 heteroatoms. The molecule has 0 amide bonds. The van der Waals surface area contributed by atoms with Gasteiger partial charge in [-0.15, -0.1) is 0 Å². The monoisotopic (exact) mass is 422 g/mol. The largest absolute Gasteiger partial charge is 0.481 e. The highest BCUT2D eigenvalue weighted by molar-refractivity contribution is 5.84. The smallest absolute Gasteiger partial charge is 0.305 e. The van der Waals surface area contributed by atoms with Gasteiger partial charge < -0.3 is 10.0 Å². The van der Waals surface area contributed by atoms with Gasteiger partial charge >= 0.3 is 5.97 Å². The van der Waals surface area contributed by atoms with Gasteiger partial charge in [-0.2, -0.15) is 0 Å². The van der Waals surface area contributed by atoms with Crippen LogP contribution in [0.3, 0.4) is 0 Å². The second-order valence-electron chi connectivity index (χ2n) is 9.20. The summed E-state index contributed by atoms with van der Waals surface area (Å²) < 4.78 is 0. The lowest BCUT2D eigenvalue weighted by molar-refractivity contribution is -0.138. The number of unbranched alkanes of at least 4 members (excludes halogenated alkanes) is 15. The van der Waals surface area contributed by atoms with Crippen LogP contribution in [0.25, 0.3) is 0 Å². The Labute approximate surface area is 186 Å². The Balaban J connectivity index is 1.91. The van der Waals surface area contributed by atoms with Gasteiger partial charge in [-0.1, -0.05) is 110 Å². The van der Waals surface area contributed by atoms with Crippen molar-refractivity contribution in [3.8, 4) is 0 Å². The summed E-state index contributed by atoms with van der Waals surface area (Å²) in [5, 5.41) is 9.12. The first-order valence-corrected chi connectivity index (χ1v) is 13.2. The van der Waals surface area contributed by atoms with Crippen LogP contribution in [0.4, 0.5) is 0 Å². The van der Waals surface area contributed by atoms with E-state index >= 15 is 0 Å². The Morgan fingerprint density at radius 2 is 1.30 bits per heavy atom. The molecule has 0 bridgehead atoms. The van der Waals surface area contributed by atoms with Crippen molar-refractivity contribution in [2.24, 2.45) is 4.99 Å². The molecule has 0 aliphatic carbocycles. The molecule has 0 aromatic rings. The SMILES string of the molecule is CCCCCCCCCCCCCCCCCCC1=NCCN1C(CC)CC(=O)O. The van der Waals surface area contributed by atoms with Crippen LogP contribution in [-0.4, -0.2) is 40.9 Å². The fourth-order valence-corrected chi connectivity index (χ4v) is 4.63. The van der Waals surface area contributed by atoms with Crippen molar-refractivity contribution in [2.75, 3.05) is 13.1 Å². The number of nitrogens with zero attached hydrogens (tertiary/aromatic N) is 2. The van der Waals surface area contributed by atoms with E-state index in [-0.39, 0.29) is 12.5 Å². The van der Waals surface area contributed by atoms with Gasteiger partial charge in [-0.3, -0.25) is 9.79 Å². The van der Waals surface area contributed by atoms with E-state index in [0.717, 1.165) is 31.8 Å². The van der Waals surface area contributed by atoms with Gasteiger partial charge in [0.2, 0.25) is 0 Å². The Bertz CT molecular complexity index is 450. The van der Waals surface area contributed by atoms with Crippen molar-refractivity contribution in [3.63, 3.8) is 0 Å². The van der Waals surface area contributed by atoms with Crippen molar-refractivity contribution in [2.45, 2.75) is 142 Å². The third-order valence-corrected chi connectivity index (χ3v) is 6.54. The molecule has 176 valence electrons. The number of aliphatic imine (C=N–C) groups is 1. The Morgan fingerprint density at radius 3 is 1.73 bits per heavy atom. The van der Waals surface area contributed by atoms with Gasteiger partial charge in [0.25, 0.3) is 0 Å². The minimum Gasteiger partial charge on any atom is -0.481 e. The lowest BCUT2D eigenvalue weighted by Gasteiger charge is -2.29. The Kier molecular flexibility index (Phi) is 16.8. The average molecular weight is 423 g/mol. The molecule has 1 atom stereocenters. The predicted octanol–water partition coefficient (Wildman–Crippen LogP) is 7.61. The normalized spacial score (nSPS) is 14.9. The summed E-state index contributed by atoms with van der Waals surface area (Å²) in [4.78, 5) is 18.0. The molecule has 0 saturated carbocycles. The summed E-state index contributed by atoms with van der Waals surface area (Å²) in [6.07, 6.45) is 24.4. The highest BCUT2D eigenvalue weighted by atomic mass is 16.4. The summed E-state index contributed by atoms with van der Waals surface area (Å²) >= 11 is 0. The van der Waals surface area contributed by atoms with Crippen LogP contribution < -0.4 is 0 Å². The number of carboxylic acid groups (broad SMARTS) is 1. The molecule has 1 unspecified atom stereocenters. The first-order valence-electron chi connectivity index (χ1n) is 13.2. The second kappa shape index (κ2) is 18.7. The molecule has 30 heavy (non-hydrogen) atoms. The molecular formula is C26H50N2O2. The number of hydrogen-bond donors (Lipinski definition) is 1. The van der Waals surface area contributed by atoms with E-state index in [4.69, 9.17) is 5.11 Å². The number of rotatable bonds is 21. The highest BCUT2D eigenvalue weighted by Gasteiger charge is 2.25. The van der Waals surface area contributed by atoms with Crippen molar-refractivity contribution in [1.29, 1.82) is 0 Å². The number of amidine groups is 1. The van der Waals surface area contributed by atoms with Crippen LogP contribution in [0, 0.1) is 0 Å². The number of aliphatic carboxylic acids is 1. The molecule has 0 aromatic heterocycles. The fourth-order valence-electron chi connectivity index (χ4n) is 4.63. The Hall–Kier alpha value is -1.06. The predicted molar refractivity (Wildman–Crippen MR) is 130 cm³/mol. The van der Waals surface area contributed by atoms with Gasteiger partial charge in [0.1, 0.15) is 0 Å². The topological polar surface area (TPSA) is 52.9 Å². The molecule has 0 fully saturated rings. The molecule has 0 aromatic carbocycles.